The summed E-state index contributed by atoms with van der Waals surface area (Å²) in [6.07, 6.45) is 0. The van der Waals surface area contributed by atoms with E-state index in [-0.39, 0.29) is 15.6 Å². The molecule has 2 rings (SSSR count). The van der Waals surface area contributed by atoms with E-state index < -0.39 is 11.9 Å². The second kappa shape index (κ2) is 6.81. The molecule has 4 nitrogen and oxygen atoms in total. The van der Waals surface area contributed by atoms with Crippen molar-refractivity contribution in [1.82, 2.24) is 5.32 Å². The first-order valence-corrected chi connectivity index (χ1v) is 7.27. The van der Waals surface area contributed by atoms with Crippen LogP contribution in [-0.4, -0.2) is 11.9 Å². The third-order valence-electron chi connectivity index (χ3n) is 3.18. The van der Waals surface area contributed by atoms with Gasteiger partial charge in [0.2, 0.25) is 0 Å². The minimum atomic E-state index is -0.656. The van der Waals surface area contributed by atoms with Gasteiger partial charge in [-0.25, -0.2) is 4.79 Å². The Kier molecular flexibility index (Phi) is 5.06. The molecule has 2 aromatic rings. The smallest absolute Gasteiger partial charge is 0.308 e. The fourth-order valence-corrected chi connectivity index (χ4v) is 2.43. The zero-order valence-corrected chi connectivity index (χ0v) is 13.5. The molecule has 0 unspecified atom stereocenters. The standard InChI is InChI=1S/C16H14Cl2N2O2/c1-9-6-7-11(8-10(9)2)19-16(22)20-15(21)14-12(17)4-3-5-13(14)18/h3-8H,1-2H3,(H2,19,20,21,22). The van der Waals surface area contributed by atoms with Crippen molar-refractivity contribution in [2.24, 2.45) is 0 Å². The van der Waals surface area contributed by atoms with Crippen LogP contribution in [0.1, 0.15) is 21.5 Å². The van der Waals surface area contributed by atoms with Crippen molar-refractivity contribution in [3.8, 4) is 0 Å². The highest BCUT2D eigenvalue weighted by Gasteiger charge is 2.17. The van der Waals surface area contributed by atoms with Crippen molar-refractivity contribution in [2.45, 2.75) is 13.8 Å². The normalized spacial score (nSPS) is 10.2. The lowest BCUT2D eigenvalue weighted by Gasteiger charge is -2.10. The molecular formula is C16H14Cl2N2O2. The van der Waals surface area contributed by atoms with E-state index in [2.05, 4.69) is 10.6 Å². The van der Waals surface area contributed by atoms with Crippen LogP contribution >= 0.6 is 23.2 Å². The molecule has 0 heterocycles. The van der Waals surface area contributed by atoms with Crippen LogP contribution in [0.4, 0.5) is 10.5 Å². The van der Waals surface area contributed by atoms with Crippen molar-refractivity contribution >= 4 is 40.8 Å². The predicted molar refractivity (Wildman–Crippen MR) is 88.9 cm³/mol. The molecule has 0 atom stereocenters. The first kappa shape index (κ1) is 16.3. The number of halogens is 2. The van der Waals surface area contributed by atoms with E-state index in [1.807, 2.05) is 26.0 Å². The molecule has 0 aliphatic carbocycles. The third-order valence-corrected chi connectivity index (χ3v) is 3.81. The van der Waals surface area contributed by atoms with Gasteiger partial charge < -0.3 is 5.32 Å². The highest BCUT2D eigenvalue weighted by molar-refractivity contribution is 6.40. The summed E-state index contributed by atoms with van der Waals surface area (Å²) in [4.78, 5) is 24.0. The van der Waals surface area contributed by atoms with Crippen LogP contribution in [0.15, 0.2) is 36.4 Å². The van der Waals surface area contributed by atoms with Gasteiger partial charge in [-0.1, -0.05) is 35.3 Å². The van der Waals surface area contributed by atoms with Gasteiger partial charge in [0.25, 0.3) is 5.91 Å². The fourth-order valence-electron chi connectivity index (χ4n) is 1.86. The van der Waals surface area contributed by atoms with Gasteiger partial charge in [0.1, 0.15) is 0 Å². The molecule has 0 spiro atoms. The van der Waals surface area contributed by atoms with Gasteiger partial charge in [-0.3, -0.25) is 10.1 Å². The number of urea groups is 1. The van der Waals surface area contributed by atoms with Crippen LogP contribution in [-0.2, 0) is 0 Å². The quantitative estimate of drug-likeness (QED) is 0.843. The third kappa shape index (κ3) is 3.78. The summed E-state index contributed by atoms with van der Waals surface area (Å²) in [6.45, 7) is 3.91. The molecule has 2 N–H and O–H groups in total. The van der Waals surface area contributed by atoms with E-state index in [0.717, 1.165) is 11.1 Å². The van der Waals surface area contributed by atoms with Gasteiger partial charge in [0.05, 0.1) is 15.6 Å². The van der Waals surface area contributed by atoms with E-state index in [0.29, 0.717) is 5.69 Å². The van der Waals surface area contributed by atoms with E-state index in [1.54, 1.807) is 12.1 Å². The van der Waals surface area contributed by atoms with Gasteiger partial charge in [0, 0.05) is 5.69 Å². The van der Waals surface area contributed by atoms with Crippen LogP contribution in [0.5, 0.6) is 0 Å². The lowest BCUT2D eigenvalue weighted by Crippen LogP contribution is -2.34. The Morgan fingerprint density at radius 3 is 2.18 bits per heavy atom. The average molecular weight is 337 g/mol. The molecule has 2 aromatic carbocycles. The van der Waals surface area contributed by atoms with Crippen molar-refractivity contribution < 1.29 is 9.59 Å². The Morgan fingerprint density at radius 1 is 0.955 bits per heavy atom. The summed E-state index contributed by atoms with van der Waals surface area (Å²) in [5.41, 5.74) is 2.82. The lowest BCUT2D eigenvalue weighted by atomic mass is 10.1. The number of amides is 3. The highest BCUT2D eigenvalue weighted by atomic mass is 35.5. The number of imide groups is 1. The van der Waals surface area contributed by atoms with Crippen LogP contribution in [0.2, 0.25) is 10.0 Å². The topological polar surface area (TPSA) is 58.2 Å². The molecule has 0 fully saturated rings. The Hall–Kier alpha value is -2.04. The van der Waals surface area contributed by atoms with Crippen LogP contribution in [0, 0.1) is 13.8 Å². The second-order valence-corrected chi connectivity index (χ2v) is 5.62. The summed E-state index contributed by atoms with van der Waals surface area (Å²) in [5.74, 6) is -0.656. The van der Waals surface area contributed by atoms with Gasteiger partial charge in [0.15, 0.2) is 0 Å². The fraction of sp³-hybridized carbons (Fsp3) is 0.125. The van der Waals surface area contributed by atoms with Crippen molar-refractivity contribution in [3.05, 3.63) is 63.1 Å². The minimum Gasteiger partial charge on any atom is -0.308 e. The molecule has 6 heteroatoms. The van der Waals surface area contributed by atoms with E-state index in [1.165, 1.54) is 12.1 Å². The Balaban J connectivity index is 2.08. The maximum Gasteiger partial charge on any atom is 0.326 e. The van der Waals surface area contributed by atoms with E-state index in [9.17, 15) is 9.59 Å². The molecule has 0 saturated carbocycles. The SMILES string of the molecule is Cc1ccc(NC(=O)NC(=O)c2c(Cl)cccc2Cl)cc1C. The number of hydrogen-bond acceptors (Lipinski definition) is 2. The maximum atomic E-state index is 12.1. The second-order valence-electron chi connectivity index (χ2n) is 4.80. The zero-order valence-electron chi connectivity index (χ0n) is 12.0. The van der Waals surface area contributed by atoms with E-state index in [4.69, 9.17) is 23.2 Å². The summed E-state index contributed by atoms with van der Waals surface area (Å²) in [6, 6.07) is 9.50. The average Bonchev–Trinajstić information content (AvgIpc) is 2.42. The number of carbonyl (C=O) groups excluding carboxylic acids is 2. The molecule has 114 valence electrons. The first-order chi connectivity index (χ1) is 10.4. The summed E-state index contributed by atoms with van der Waals surface area (Å²) < 4.78 is 0. The van der Waals surface area contributed by atoms with E-state index >= 15 is 0 Å². The number of rotatable bonds is 2. The first-order valence-electron chi connectivity index (χ1n) is 6.52. The monoisotopic (exact) mass is 336 g/mol. The zero-order chi connectivity index (χ0) is 16.3. The number of aryl methyl sites for hydroxylation is 2. The molecule has 22 heavy (non-hydrogen) atoms. The Labute approximate surface area is 138 Å². The van der Waals surface area contributed by atoms with Crippen molar-refractivity contribution in [2.75, 3.05) is 5.32 Å². The number of carbonyl (C=O) groups is 2. The molecule has 0 bridgehead atoms. The molecule has 0 aliphatic heterocycles. The minimum absolute atomic E-state index is 0.0704. The summed E-state index contributed by atoms with van der Waals surface area (Å²) in [5, 5.41) is 5.16. The van der Waals surface area contributed by atoms with Gasteiger partial charge in [-0.2, -0.15) is 0 Å². The van der Waals surface area contributed by atoms with Crippen molar-refractivity contribution in [1.29, 1.82) is 0 Å². The van der Waals surface area contributed by atoms with Crippen LogP contribution in [0.25, 0.3) is 0 Å². The molecule has 0 saturated heterocycles. The summed E-state index contributed by atoms with van der Waals surface area (Å²) in [7, 11) is 0. The van der Waals surface area contributed by atoms with Gasteiger partial charge in [-0.15, -0.1) is 0 Å². The molecule has 0 aliphatic rings. The Morgan fingerprint density at radius 2 is 1.59 bits per heavy atom. The van der Waals surface area contributed by atoms with Crippen LogP contribution < -0.4 is 10.6 Å². The Bertz CT molecular complexity index is 725. The molecule has 0 aromatic heterocycles. The number of nitrogens with one attached hydrogen (secondary N) is 2. The van der Waals surface area contributed by atoms with Gasteiger partial charge >= 0.3 is 6.03 Å². The molecule has 0 radical (unpaired) electrons. The number of benzene rings is 2. The number of hydrogen-bond donors (Lipinski definition) is 2. The van der Waals surface area contributed by atoms with Gasteiger partial charge in [-0.05, 0) is 49.2 Å². The lowest BCUT2D eigenvalue weighted by molar-refractivity contribution is 0.0967. The molecular weight excluding hydrogens is 323 g/mol. The number of anilines is 1. The van der Waals surface area contributed by atoms with Crippen molar-refractivity contribution in [3.63, 3.8) is 0 Å². The maximum absolute atomic E-state index is 12.1. The predicted octanol–water partition coefficient (Wildman–Crippen LogP) is 4.57. The summed E-state index contributed by atoms with van der Waals surface area (Å²) >= 11 is 11.9. The molecule has 3 amide bonds. The largest absolute Gasteiger partial charge is 0.326 e. The van der Waals surface area contributed by atoms with Crippen LogP contribution in [0.3, 0.4) is 0 Å². The highest BCUT2D eigenvalue weighted by Crippen LogP contribution is 2.24.